The highest BCUT2D eigenvalue weighted by molar-refractivity contribution is 9.10. The molecular formula is C12H8BrCl3NO2+. The van der Waals surface area contributed by atoms with Crippen LogP contribution in [0.15, 0.2) is 41.1 Å². The molecular weight excluding hydrogens is 376 g/mol. The van der Waals surface area contributed by atoms with Crippen LogP contribution in [0.4, 0.5) is 4.79 Å². The van der Waals surface area contributed by atoms with Gasteiger partial charge in [-0.2, -0.15) is 4.79 Å². The van der Waals surface area contributed by atoms with E-state index in [0.29, 0.717) is 0 Å². The molecule has 0 unspecified atom stereocenters. The summed E-state index contributed by atoms with van der Waals surface area (Å²) in [6.45, 7) is -0.312. The summed E-state index contributed by atoms with van der Waals surface area (Å²) in [4.78, 5) is 11.8. The minimum absolute atomic E-state index is 0.312. The molecule has 7 heteroatoms. The van der Waals surface area contributed by atoms with Crippen LogP contribution < -0.4 is 4.57 Å². The lowest BCUT2D eigenvalue weighted by molar-refractivity contribution is -0.585. The fourth-order valence-corrected chi connectivity index (χ4v) is 2.27. The zero-order valence-corrected chi connectivity index (χ0v) is 13.3. The highest BCUT2D eigenvalue weighted by atomic mass is 79.9. The van der Waals surface area contributed by atoms with E-state index in [0.717, 1.165) is 15.2 Å². The molecule has 0 aliphatic rings. The first-order valence-corrected chi connectivity index (χ1v) is 7.13. The molecule has 0 amide bonds. The van der Waals surface area contributed by atoms with Crippen molar-refractivity contribution in [2.45, 2.75) is 3.79 Å². The number of halogens is 4. The first kappa shape index (κ1) is 14.9. The van der Waals surface area contributed by atoms with E-state index in [4.69, 9.17) is 39.5 Å². The maximum absolute atomic E-state index is 11.8. The number of fused-ring (bicyclic) bond motifs is 1. The Morgan fingerprint density at radius 2 is 1.95 bits per heavy atom. The maximum atomic E-state index is 11.8. The molecule has 0 saturated carbocycles. The fraction of sp³-hybridized carbons (Fsp3) is 0.167. The Morgan fingerprint density at radius 3 is 2.63 bits per heavy atom. The van der Waals surface area contributed by atoms with Gasteiger partial charge in [0.05, 0.1) is 4.47 Å². The van der Waals surface area contributed by atoms with Crippen LogP contribution in [0.5, 0.6) is 0 Å². The summed E-state index contributed by atoms with van der Waals surface area (Å²) in [7, 11) is 0. The second-order valence-corrected chi connectivity index (χ2v) is 7.14. The molecule has 19 heavy (non-hydrogen) atoms. The molecule has 0 fully saturated rings. The summed E-state index contributed by atoms with van der Waals surface area (Å²) in [6, 6.07) is 7.62. The van der Waals surface area contributed by atoms with Crippen LogP contribution in [0.3, 0.4) is 0 Å². The number of pyridine rings is 1. The summed E-state index contributed by atoms with van der Waals surface area (Å²) in [5.74, 6) is 0. The largest absolute Gasteiger partial charge is 0.602 e. The smallest absolute Gasteiger partial charge is 0.407 e. The number of nitrogens with zero attached hydrogens (tertiary/aromatic N) is 1. The highest BCUT2D eigenvalue weighted by Gasteiger charge is 2.26. The Bertz CT molecular complexity index is 628. The third kappa shape index (κ3) is 3.96. The van der Waals surface area contributed by atoms with Gasteiger partial charge in [-0.05, 0) is 22.0 Å². The number of alkyl halides is 3. The summed E-state index contributed by atoms with van der Waals surface area (Å²) in [5, 5.41) is 1.88. The molecule has 0 bridgehead atoms. The molecule has 2 rings (SSSR count). The average Bonchev–Trinajstić information content (AvgIpc) is 2.35. The Morgan fingerprint density at radius 1 is 1.26 bits per heavy atom. The number of carbonyl (C=O) groups excluding carboxylic acids is 1. The molecule has 1 aromatic carbocycles. The van der Waals surface area contributed by atoms with Gasteiger partial charge in [0, 0.05) is 10.8 Å². The Kier molecular flexibility index (Phi) is 4.56. The molecule has 2 aromatic rings. The lowest BCUT2D eigenvalue weighted by atomic mass is 10.2. The molecule has 3 nitrogen and oxygen atoms in total. The number of carbonyl (C=O) groups is 1. The molecule has 100 valence electrons. The third-order valence-corrected chi connectivity index (χ3v) is 3.28. The zero-order valence-electron chi connectivity index (χ0n) is 9.45. The minimum atomic E-state index is -1.62. The summed E-state index contributed by atoms with van der Waals surface area (Å²) in [6.07, 6.45) is 2.64. The molecule has 0 aliphatic carbocycles. The lowest BCUT2D eigenvalue weighted by Gasteiger charge is -2.08. The number of rotatable bonds is 1. The number of aromatic nitrogens is 1. The highest BCUT2D eigenvalue weighted by Crippen LogP contribution is 2.26. The predicted octanol–water partition coefficient (Wildman–Crippen LogP) is 4.24. The molecule has 0 radical (unpaired) electrons. The van der Waals surface area contributed by atoms with E-state index in [1.807, 2.05) is 24.3 Å². The molecule has 0 atom stereocenters. The Labute approximate surface area is 133 Å². The van der Waals surface area contributed by atoms with Crippen molar-refractivity contribution < 1.29 is 14.1 Å². The van der Waals surface area contributed by atoms with Gasteiger partial charge in [0.1, 0.15) is 6.61 Å². The SMILES string of the molecule is O=C(OCC(Cl)(Cl)Cl)[n+]1cc(Br)c2ccccc2c1. The van der Waals surface area contributed by atoms with Gasteiger partial charge >= 0.3 is 6.09 Å². The van der Waals surface area contributed by atoms with Crippen molar-refractivity contribution in [2.24, 2.45) is 0 Å². The van der Waals surface area contributed by atoms with E-state index in [1.165, 1.54) is 4.57 Å². The molecule has 0 spiro atoms. The topological polar surface area (TPSA) is 30.2 Å². The van der Waals surface area contributed by atoms with Gasteiger partial charge in [0.15, 0.2) is 12.4 Å². The second-order valence-electron chi connectivity index (χ2n) is 3.77. The summed E-state index contributed by atoms with van der Waals surface area (Å²) in [5.41, 5.74) is 0. The Balaban J connectivity index is 2.28. The van der Waals surface area contributed by atoms with Crippen LogP contribution in [-0.4, -0.2) is 16.5 Å². The lowest BCUT2D eigenvalue weighted by Crippen LogP contribution is -2.44. The standard InChI is InChI=1S/C12H8BrCl3NO2/c13-10-6-17(11(18)19-7-12(14,15)16)5-8-3-1-2-4-9(8)10/h1-6H,7H2/q+1. The number of benzene rings is 1. The van der Waals surface area contributed by atoms with E-state index >= 15 is 0 Å². The third-order valence-electron chi connectivity index (χ3n) is 2.32. The first-order chi connectivity index (χ1) is 8.87. The van der Waals surface area contributed by atoms with Gasteiger partial charge in [0.2, 0.25) is 3.79 Å². The van der Waals surface area contributed by atoms with Crippen molar-refractivity contribution in [3.8, 4) is 0 Å². The molecule has 0 aliphatic heterocycles. The summed E-state index contributed by atoms with van der Waals surface area (Å²) >= 11 is 20.0. The van der Waals surface area contributed by atoms with Gasteiger partial charge in [0.25, 0.3) is 0 Å². The minimum Gasteiger partial charge on any atom is -0.407 e. The number of ether oxygens (including phenoxy) is 1. The van der Waals surface area contributed by atoms with E-state index in [2.05, 4.69) is 15.9 Å². The predicted molar refractivity (Wildman–Crippen MR) is 78.9 cm³/mol. The van der Waals surface area contributed by atoms with Crippen molar-refractivity contribution in [2.75, 3.05) is 6.61 Å². The normalized spacial score (nSPS) is 11.6. The zero-order chi connectivity index (χ0) is 14.0. The molecule has 1 heterocycles. The van der Waals surface area contributed by atoms with Crippen LogP contribution in [0, 0.1) is 0 Å². The van der Waals surface area contributed by atoms with Crippen molar-refractivity contribution in [3.05, 3.63) is 41.1 Å². The van der Waals surface area contributed by atoms with Crippen LogP contribution in [0.25, 0.3) is 10.8 Å². The number of hydrogen-bond acceptors (Lipinski definition) is 2. The van der Waals surface area contributed by atoms with Crippen LogP contribution in [0.2, 0.25) is 0 Å². The maximum Gasteiger partial charge on any atom is 0.602 e. The summed E-state index contributed by atoms with van der Waals surface area (Å²) < 4.78 is 5.35. The second kappa shape index (κ2) is 5.83. The molecule has 1 aromatic heterocycles. The van der Waals surface area contributed by atoms with Crippen LogP contribution in [0.1, 0.15) is 0 Å². The van der Waals surface area contributed by atoms with Gasteiger partial charge in [-0.15, -0.1) is 0 Å². The van der Waals surface area contributed by atoms with Crippen molar-refractivity contribution in [3.63, 3.8) is 0 Å². The van der Waals surface area contributed by atoms with E-state index in [-0.39, 0.29) is 6.61 Å². The van der Waals surface area contributed by atoms with Gasteiger partial charge in [-0.1, -0.05) is 57.6 Å². The van der Waals surface area contributed by atoms with Gasteiger partial charge < -0.3 is 4.74 Å². The first-order valence-electron chi connectivity index (χ1n) is 5.20. The van der Waals surface area contributed by atoms with Crippen molar-refractivity contribution in [1.29, 1.82) is 0 Å². The van der Waals surface area contributed by atoms with Crippen molar-refractivity contribution in [1.82, 2.24) is 0 Å². The molecule has 0 saturated heterocycles. The Hall–Kier alpha value is -0.550. The average molecular weight is 384 g/mol. The van der Waals surface area contributed by atoms with Crippen LogP contribution >= 0.6 is 50.7 Å². The van der Waals surface area contributed by atoms with Gasteiger partial charge in [-0.3, -0.25) is 0 Å². The van der Waals surface area contributed by atoms with Crippen molar-refractivity contribution >= 4 is 67.6 Å². The quantitative estimate of drug-likeness (QED) is 0.544. The van der Waals surface area contributed by atoms with E-state index in [9.17, 15) is 4.79 Å². The fourth-order valence-electron chi connectivity index (χ4n) is 1.53. The van der Waals surface area contributed by atoms with E-state index < -0.39 is 9.89 Å². The van der Waals surface area contributed by atoms with Gasteiger partial charge in [-0.25, -0.2) is 0 Å². The molecule has 0 N–H and O–H groups in total. The monoisotopic (exact) mass is 382 g/mol. The van der Waals surface area contributed by atoms with Crippen LogP contribution in [-0.2, 0) is 4.74 Å². The van der Waals surface area contributed by atoms with E-state index in [1.54, 1.807) is 12.4 Å². The number of hydrogen-bond donors (Lipinski definition) is 0.